The van der Waals surface area contributed by atoms with E-state index >= 15 is 0 Å². The molecular weight excluding hydrogens is 424 g/mol. The van der Waals surface area contributed by atoms with E-state index in [4.69, 9.17) is 4.74 Å². The summed E-state index contributed by atoms with van der Waals surface area (Å²) in [6.07, 6.45) is 2.22. The van der Waals surface area contributed by atoms with Gasteiger partial charge < -0.3 is 9.84 Å². The Hall–Kier alpha value is -1.27. The molecule has 0 heterocycles. The monoisotopic (exact) mass is 470 g/mol. The highest BCUT2D eigenvalue weighted by atomic mass is 32.2. The van der Waals surface area contributed by atoms with Gasteiger partial charge in [-0.3, -0.25) is 4.55 Å². The van der Waals surface area contributed by atoms with E-state index in [1.807, 2.05) is 13.8 Å². The van der Waals surface area contributed by atoms with E-state index < -0.39 is 20.8 Å². The van der Waals surface area contributed by atoms with Crippen molar-refractivity contribution in [3.8, 4) is 11.5 Å². The molecule has 0 aliphatic carbocycles. The maximum atomic E-state index is 12.4. The van der Waals surface area contributed by atoms with Gasteiger partial charge in [0.2, 0.25) is 0 Å². The average molecular weight is 471 g/mol. The molecular formula is C26H46O5S. The molecule has 2 N–H and O–H groups in total. The molecule has 1 aromatic rings. The number of rotatable bonds is 9. The molecule has 1 unspecified atom stereocenters. The van der Waals surface area contributed by atoms with Gasteiger partial charge in [0.25, 0.3) is 10.1 Å². The van der Waals surface area contributed by atoms with Crippen molar-refractivity contribution in [2.45, 2.75) is 106 Å². The van der Waals surface area contributed by atoms with Crippen LogP contribution in [0, 0.1) is 29.1 Å². The van der Waals surface area contributed by atoms with E-state index in [9.17, 15) is 18.1 Å². The molecule has 0 bridgehead atoms. The van der Waals surface area contributed by atoms with Crippen LogP contribution in [-0.4, -0.2) is 25.2 Å². The SMILES string of the molecule is CCc1c(C(C(C)(C)CC(C)C)C(C)(C)CC(C)(C)C)c(C)c(OC)c(O)c1S(=O)(=O)O. The van der Waals surface area contributed by atoms with Crippen molar-refractivity contribution in [3.05, 3.63) is 16.7 Å². The lowest BCUT2D eigenvalue weighted by molar-refractivity contribution is 0.0776. The molecule has 0 aromatic heterocycles. The van der Waals surface area contributed by atoms with Gasteiger partial charge >= 0.3 is 0 Å². The first-order valence-corrected chi connectivity index (χ1v) is 13.0. The summed E-state index contributed by atoms with van der Waals surface area (Å²) in [5.41, 5.74) is 1.75. The molecule has 1 atom stereocenters. The fourth-order valence-corrected chi connectivity index (χ4v) is 7.54. The number of hydrogen-bond donors (Lipinski definition) is 2. The zero-order chi connectivity index (χ0) is 25.4. The lowest BCUT2D eigenvalue weighted by atomic mass is 9.55. The van der Waals surface area contributed by atoms with Crippen molar-refractivity contribution in [2.75, 3.05) is 7.11 Å². The number of aromatic hydroxyl groups is 1. The van der Waals surface area contributed by atoms with Crippen molar-refractivity contribution in [1.82, 2.24) is 0 Å². The minimum atomic E-state index is -4.66. The van der Waals surface area contributed by atoms with Gasteiger partial charge in [-0.2, -0.15) is 8.42 Å². The molecule has 186 valence electrons. The third-order valence-electron chi connectivity index (χ3n) is 6.36. The second kappa shape index (κ2) is 9.54. The van der Waals surface area contributed by atoms with Crippen LogP contribution in [0.2, 0.25) is 0 Å². The average Bonchev–Trinajstić information content (AvgIpc) is 2.51. The molecule has 0 amide bonds. The second-order valence-electron chi connectivity index (χ2n) is 12.3. The molecule has 0 radical (unpaired) electrons. The summed E-state index contributed by atoms with van der Waals surface area (Å²) in [6.45, 7) is 23.8. The third-order valence-corrected chi connectivity index (χ3v) is 7.32. The fourth-order valence-electron chi connectivity index (χ4n) is 6.64. The smallest absolute Gasteiger partial charge is 0.298 e. The van der Waals surface area contributed by atoms with Crippen LogP contribution in [0.15, 0.2) is 4.90 Å². The second-order valence-corrected chi connectivity index (χ2v) is 13.7. The van der Waals surface area contributed by atoms with E-state index in [2.05, 4.69) is 62.3 Å². The lowest BCUT2D eigenvalue weighted by Gasteiger charge is -2.49. The van der Waals surface area contributed by atoms with Crippen LogP contribution in [0.4, 0.5) is 0 Å². The van der Waals surface area contributed by atoms with E-state index in [-0.39, 0.29) is 27.9 Å². The van der Waals surface area contributed by atoms with Crippen molar-refractivity contribution in [2.24, 2.45) is 22.2 Å². The van der Waals surface area contributed by atoms with Gasteiger partial charge in [-0.1, -0.05) is 69.2 Å². The number of benzene rings is 1. The molecule has 0 saturated heterocycles. The first kappa shape index (κ1) is 28.8. The largest absolute Gasteiger partial charge is 0.503 e. The van der Waals surface area contributed by atoms with Crippen LogP contribution in [0.25, 0.3) is 0 Å². The van der Waals surface area contributed by atoms with E-state index in [1.54, 1.807) is 0 Å². The Morgan fingerprint density at radius 2 is 1.50 bits per heavy atom. The quantitative estimate of drug-likeness (QED) is 0.375. The molecule has 0 fully saturated rings. The number of methoxy groups -OCH3 is 1. The Morgan fingerprint density at radius 1 is 1.00 bits per heavy atom. The first-order chi connectivity index (χ1) is 14.2. The predicted molar refractivity (Wildman–Crippen MR) is 132 cm³/mol. The standard InChI is InChI=1S/C26H46O5S/c1-13-18-19(17(4)21(31-12)20(27)22(18)32(28,29)30)23(25(8,9)14-16(2)3)26(10,11)15-24(5,6)7/h16,23,27H,13-15H2,1-12H3,(H,28,29,30). The Balaban J connectivity index is 4.24. The Morgan fingerprint density at radius 3 is 1.84 bits per heavy atom. The summed E-state index contributed by atoms with van der Waals surface area (Å²) in [5.74, 6) is 0.00817. The number of phenols is 1. The van der Waals surface area contributed by atoms with Crippen LogP contribution in [0.1, 0.15) is 105 Å². The Kier molecular flexibility index (Phi) is 8.57. The maximum Gasteiger partial charge on any atom is 0.298 e. The zero-order valence-corrected chi connectivity index (χ0v) is 23.1. The highest BCUT2D eigenvalue weighted by molar-refractivity contribution is 7.86. The minimum Gasteiger partial charge on any atom is -0.503 e. The summed E-state index contributed by atoms with van der Waals surface area (Å²) in [6, 6.07) is 0. The first-order valence-electron chi connectivity index (χ1n) is 11.6. The fraction of sp³-hybridized carbons (Fsp3) is 0.769. The minimum absolute atomic E-state index is 0.0402. The summed E-state index contributed by atoms with van der Waals surface area (Å²) < 4.78 is 40.4. The van der Waals surface area contributed by atoms with Gasteiger partial charge in [0, 0.05) is 0 Å². The van der Waals surface area contributed by atoms with Gasteiger partial charge in [0.1, 0.15) is 4.90 Å². The summed E-state index contributed by atoms with van der Waals surface area (Å²) >= 11 is 0. The van der Waals surface area contributed by atoms with Gasteiger partial charge in [-0.05, 0) is 71.0 Å². The topological polar surface area (TPSA) is 83.8 Å². The van der Waals surface area contributed by atoms with E-state index in [1.165, 1.54) is 7.11 Å². The van der Waals surface area contributed by atoms with Crippen molar-refractivity contribution in [1.29, 1.82) is 0 Å². The molecule has 0 aliphatic rings. The van der Waals surface area contributed by atoms with E-state index in [0.29, 0.717) is 17.9 Å². The summed E-state index contributed by atoms with van der Waals surface area (Å²) in [4.78, 5) is -0.422. The number of phenolic OH excluding ortho intramolecular Hbond substituents is 1. The molecule has 6 heteroatoms. The van der Waals surface area contributed by atoms with Crippen molar-refractivity contribution >= 4 is 10.1 Å². The van der Waals surface area contributed by atoms with E-state index in [0.717, 1.165) is 24.0 Å². The molecule has 1 rings (SSSR count). The summed E-state index contributed by atoms with van der Waals surface area (Å²) in [7, 11) is -3.24. The Labute approximate surface area is 196 Å². The third kappa shape index (κ3) is 6.19. The van der Waals surface area contributed by atoms with Crippen LogP contribution < -0.4 is 4.74 Å². The highest BCUT2D eigenvalue weighted by Gasteiger charge is 2.46. The van der Waals surface area contributed by atoms with Crippen LogP contribution in [0.5, 0.6) is 11.5 Å². The maximum absolute atomic E-state index is 12.4. The highest BCUT2D eigenvalue weighted by Crippen LogP contribution is 2.58. The van der Waals surface area contributed by atoms with Crippen LogP contribution in [-0.2, 0) is 16.5 Å². The lowest BCUT2D eigenvalue weighted by Crippen LogP contribution is -2.39. The van der Waals surface area contributed by atoms with Crippen molar-refractivity contribution < 1.29 is 22.8 Å². The molecule has 5 nitrogen and oxygen atoms in total. The molecule has 0 spiro atoms. The molecule has 0 aliphatic heterocycles. The Bertz CT molecular complexity index is 919. The predicted octanol–water partition coefficient (Wildman–Crippen LogP) is 7.14. The van der Waals surface area contributed by atoms with Gasteiger partial charge in [0.05, 0.1) is 7.11 Å². The van der Waals surface area contributed by atoms with Gasteiger partial charge in [-0.15, -0.1) is 0 Å². The van der Waals surface area contributed by atoms with Crippen LogP contribution >= 0.6 is 0 Å². The normalized spacial score (nSPS) is 14.7. The van der Waals surface area contributed by atoms with Crippen molar-refractivity contribution in [3.63, 3.8) is 0 Å². The zero-order valence-electron chi connectivity index (χ0n) is 22.3. The number of ether oxygens (including phenoxy) is 1. The molecule has 0 saturated carbocycles. The van der Waals surface area contributed by atoms with Gasteiger partial charge in [-0.25, -0.2) is 0 Å². The van der Waals surface area contributed by atoms with Crippen LogP contribution in [0.3, 0.4) is 0 Å². The number of hydrogen-bond acceptors (Lipinski definition) is 4. The summed E-state index contributed by atoms with van der Waals surface area (Å²) in [5, 5.41) is 10.8. The van der Waals surface area contributed by atoms with Gasteiger partial charge in [0.15, 0.2) is 11.5 Å². The molecule has 32 heavy (non-hydrogen) atoms. The molecule has 1 aromatic carbocycles.